The monoisotopic (exact) mass is 338 g/mol. The zero-order valence-corrected chi connectivity index (χ0v) is 14.9. The Bertz CT molecular complexity index is 820. The number of H-pyrrole nitrogens is 1. The number of aryl methyl sites for hydroxylation is 1. The van der Waals surface area contributed by atoms with Crippen molar-refractivity contribution in [2.24, 2.45) is 0 Å². The zero-order chi connectivity index (χ0) is 17.1. The van der Waals surface area contributed by atoms with Gasteiger partial charge in [-0.3, -0.25) is 9.30 Å². The number of imidazole rings is 2. The third kappa shape index (κ3) is 3.58. The maximum atomic E-state index is 4.78. The summed E-state index contributed by atoms with van der Waals surface area (Å²) in [6.45, 7) is 4.23. The summed E-state index contributed by atoms with van der Waals surface area (Å²) in [6, 6.07) is 2.50. The number of hydrogen-bond acceptors (Lipinski definition) is 4. The largest absolute Gasteiger partial charge is 0.345 e. The van der Waals surface area contributed by atoms with E-state index in [4.69, 9.17) is 4.98 Å². The fraction of sp³-hybridized carbons (Fsp3) is 0.526. The van der Waals surface area contributed by atoms with Crippen LogP contribution in [0, 0.1) is 0 Å². The number of piperidine rings is 1. The van der Waals surface area contributed by atoms with Gasteiger partial charge in [0, 0.05) is 43.4 Å². The van der Waals surface area contributed by atoms with Crippen molar-refractivity contribution in [3.05, 3.63) is 48.1 Å². The van der Waals surface area contributed by atoms with E-state index in [1.165, 1.54) is 31.4 Å². The van der Waals surface area contributed by atoms with E-state index in [9.17, 15) is 0 Å². The first-order valence-corrected chi connectivity index (χ1v) is 9.40. The molecule has 0 aromatic carbocycles. The van der Waals surface area contributed by atoms with Crippen LogP contribution in [0.1, 0.15) is 62.3 Å². The molecular formula is C19H26N6. The molecule has 0 aliphatic carbocycles. The maximum absolute atomic E-state index is 4.78. The van der Waals surface area contributed by atoms with Gasteiger partial charge in [-0.1, -0.05) is 19.8 Å². The second-order valence-electron chi connectivity index (χ2n) is 6.93. The summed E-state index contributed by atoms with van der Waals surface area (Å²) in [5, 5.41) is 0. The average Bonchev–Trinajstić information content (AvgIpc) is 3.29. The molecule has 4 rings (SSSR count). The maximum Gasteiger partial charge on any atom is 0.233 e. The van der Waals surface area contributed by atoms with Crippen molar-refractivity contribution >= 4 is 5.78 Å². The van der Waals surface area contributed by atoms with Crippen molar-refractivity contribution in [3.63, 3.8) is 0 Å². The molecule has 1 fully saturated rings. The first-order chi connectivity index (χ1) is 12.3. The van der Waals surface area contributed by atoms with Gasteiger partial charge in [0.15, 0.2) is 0 Å². The van der Waals surface area contributed by atoms with Crippen molar-refractivity contribution in [1.29, 1.82) is 0 Å². The molecule has 3 aromatic rings. The van der Waals surface area contributed by atoms with E-state index in [1.807, 2.05) is 16.8 Å². The van der Waals surface area contributed by atoms with Crippen LogP contribution in [-0.4, -0.2) is 35.8 Å². The van der Waals surface area contributed by atoms with Crippen molar-refractivity contribution in [2.75, 3.05) is 6.54 Å². The number of nitrogens with one attached hydrogen (secondary N) is 1. The lowest BCUT2D eigenvalue weighted by molar-refractivity contribution is 0.136. The molecule has 0 bridgehead atoms. The Labute approximate surface area is 148 Å². The van der Waals surface area contributed by atoms with Crippen LogP contribution in [0.4, 0.5) is 0 Å². The molecule has 0 radical (unpaired) electrons. The SMILES string of the molecule is CCCCc1ncc(CN2CCCCC2c2ccn3ccnc3n2)[nH]1. The molecule has 1 aliphatic heterocycles. The fourth-order valence-electron chi connectivity index (χ4n) is 3.69. The molecule has 4 heterocycles. The van der Waals surface area contributed by atoms with Gasteiger partial charge < -0.3 is 4.98 Å². The molecule has 0 saturated carbocycles. The minimum atomic E-state index is 0.359. The molecule has 1 saturated heterocycles. The molecule has 1 N–H and O–H groups in total. The van der Waals surface area contributed by atoms with Crippen molar-refractivity contribution in [1.82, 2.24) is 29.2 Å². The second-order valence-corrected chi connectivity index (χ2v) is 6.93. The number of aromatic nitrogens is 5. The van der Waals surface area contributed by atoms with Gasteiger partial charge >= 0.3 is 0 Å². The number of hydrogen-bond donors (Lipinski definition) is 1. The van der Waals surface area contributed by atoms with E-state index in [2.05, 4.69) is 39.0 Å². The van der Waals surface area contributed by atoms with Gasteiger partial charge in [0.25, 0.3) is 0 Å². The molecule has 6 nitrogen and oxygen atoms in total. The first-order valence-electron chi connectivity index (χ1n) is 9.40. The highest BCUT2D eigenvalue weighted by Crippen LogP contribution is 2.31. The highest BCUT2D eigenvalue weighted by molar-refractivity contribution is 5.30. The van der Waals surface area contributed by atoms with E-state index >= 15 is 0 Å². The van der Waals surface area contributed by atoms with Gasteiger partial charge in [-0.15, -0.1) is 0 Å². The fourth-order valence-corrected chi connectivity index (χ4v) is 3.69. The van der Waals surface area contributed by atoms with Gasteiger partial charge in [-0.2, -0.15) is 0 Å². The van der Waals surface area contributed by atoms with Crippen LogP contribution in [0.25, 0.3) is 5.78 Å². The molecule has 25 heavy (non-hydrogen) atoms. The minimum Gasteiger partial charge on any atom is -0.345 e. The van der Waals surface area contributed by atoms with E-state index in [0.717, 1.165) is 43.2 Å². The van der Waals surface area contributed by atoms with E-state index in [0.29, 0.717) is 6.04 Å². The van der Waals surface area contributed by atoms with Crippen molar-refractivity contribution in [3.8, 4) is 0 Å². The molecule has 0 amide bonds. The highest BCUT2D eigenvalue weighted by Gasteiger charge is 2.26. The summed E-state index contributed by atoms with van der Waals surface area (Å²) in [5.41, 5.74) is 2.34. The van der Waals surface area contributed by atoms with Crippen LogP contribution in [0.15, 0.2) is 30.9 Å². The Balaban J connectivity index is 1.51. The van der Waals surface area contributed by atoms with Crippen LogP contribution in [-0.2, 0) is 13.0 Å². The van der Waals surface area contributed by atoms with Gasteiger partial charge in [-0.25, -0.2) is 15.0 Å². The Morgan fingerprint density at radius 1 is 1.24 bits per heavy atom. The highest BCUT2D eigenvalue weighted by atomic mass is 15.2. The Morgan fingerprint density at radius 2 is 2.20 bits per heavy atom. The molecule has 132 valence electrons. The Morgan fingerprint density at radius 3 is 3.12 bits per heavy atom. The van der Waals surface area contributed by atoms with E-state index < -0.39 is 0 Å². The van der Waals surface area contributed by atoms with Crippen LogP contribution in [0.2, 0.25) is 0 Å². The third-order valence-corrected chi connectivity index (χ3v) is 5.06. The van der Waals surface area contributed by atoms with Crippen LogP contribution < -0.4 is 0 Å². The van der Waals surface area contributed by atoms with Crippen molar-refractivity contribution < 1.29 is 0 Å². The number of nitrogens with zero attached hydrogens (tertiary/aromatic N) is 5. The van der Waals surface area contributed by atoms with Gasteiger partial charge in [0.05, 0.1) is 11.7 Å². The summed E-state index contributed by atoms with van der Waals surface area (Å²) in [6.07, 6.45) is 14.9. The van der Waals surface area contributed by atoms with E-state index in [-0.39, 0.29) is 0 Å². The number of rotatable bonds is 6. The number of likely N-dealkylation sites (tertiary alicyclic amines) is 1. The summed E-state index contributed by atoms with van der Waals surface area (Å²) in [5.74, 6) is 1.90. The zero-order valence-electron chi connectivity index (χ0n) is 14.9. The molecule has 0 spiro atoms. The van der Waals surface area contributed by atoms with E-state index in [1.54, 1.807) is 6.20 Å². The summed E-state index contributed by atoms with van der Waals surface area (Å²) < 4.78 is 1.96. The lowest BCUT2D eigenvalue weighted by Crippen LogP contribution is -2.33. The average molecular weight is 338 g/mol. The van der Waals surface area contributed by atoms with Gasteiger partial charge in [0.2, 0.25) is 5.78 Å². The minimum absolute atomic E-state index is 0.359. The van der Waals surface area contributed by atoms with Crippen molar-refractivity contribution in [2.45, 2.75) is 58.0 Å². The second kappa shape index (κ2) is 7.35. The van der Waals surface area contributed by atoms with Crippen LogP contribution in [0.5, 0.6) is 0 Å². The van der Waals surface area contributed by atoms with Gasteiger partial charge in [0.1, 0.15) is 5.82 Å². The standard InChI is InChI=1S/C19H26N6/c1-2-3-7-18-21-13-15(22-18)14-25-10-5-4-6-17(25)16-8-11-24-12-9-20-19(24)23-16/h8-9,11-13,17H,2-7,10,14H2,1H3,(H,21,22). The van der Waals surface area contributed by atoms with Gasteiger partial charge in [-0.05, 0) is 31.9 Å². The summed E-state index contributed by atoms with van der Waals surface area (Å²) in [4.78, 5) is 19.7. The normalized spacial score (nSPS) is 18.8. The number of unbranched alkanes of at least 4 members (excludes halogenated alkanes) is 1. The Hall–Kier alpha value is -2.21. The molecular weight excluding hydrogens is 312 g/mol. The predicted molar refractivity (Wildman–Crippen MR) is 97.2 cm³/mol. The lowest BCUT2D eigenvalue weighted by Gasteiger charge is -2.34. The Kier molecular flexibility index (Phi) is 4.78. The molecule has 1 unspecified atom stereocenters. The number of fused-ring (bicyclic) bond motifs is 1. The third-order valence-electron chi connectivity index (χ3n) is 5.06. The quantitative estimate of drug-likeness (QED) is 0.747. The molecule has 1 aliphatic rings. The first kappa shape index (κ1) is 16.3. The number of aromatic amines is 1. The van der Waals surface area contributed by atoms with Crippen LogP contribution in [0.3, 0.4) is 0 Å². The summed E-state index contributed by atoms with van der Waals surface area (Å²) in [7, 11) is 0. The topological polar surface area (TPSA) is 62.1 Å². The molecule has 3 aromatic heterocycles. The van der Waals surface area contributed by atoms with Crippen LogP contribution >= 0.6 is 0 Å². The summed E-state index contributed by atoms with van der Waals surface area (Å²) >= 11 is 0. The lowest BCUT2D eigenvalue weighted by atomic mass is 9.99. The smallest absolute Gasteiger partial charge is 0.233 e. The molecule has 1 atom stereocenters. The molecule has 6 heteroatoms. The predicted octanol–water partition coefficient (Wildman–Crippen LogP) is 3.52.